The van der Waals surface area contributed by atoms with E-state index in [-0.39, 0.29) is 0 Å². The quantitative estimate of drug-likeness (QED) is 0.861. The molecule has 0 aliphatic heterocycles. The van der Waals surface area contributed by atoms with Crippen LogP contribution in [0.25, 0.3) is 10.4 Å². The Bertz CT molecular complexity index is 479. The summed E-state index contributed by atoms with van der Waals surface area (Å²) in [6.07, 6.45) is 0. The van der Waals surface area contributed by atoms with E-state index in [0.717, 1.165) is 21.4 Å². The van der Waals surface area contributed by atoms with Crippen molar-refractivity contribution in [3.63, 3.8) is 0 Å². The fraction of sp³-hybridized carbons (Fsp3) is 0.182. The Hall–Kier alpha value is -1.06. The zero-order chi connectivity index (χ0) is 10.8. The molecule has 0 bridgehead atoms. The molecule has 1 aromatic heterocycles. The number of rotatable bonds is 2. The first-order valence-corrected chi connectivity index (χ1v) is 5.81. The number of thiazole rings is 1. The lowest BCUT2D eigenvalue weighted by atomic mass is 10.2. The minimum absolute atomic E-state index is 0.756. The van der Waals surface area contributed by atoms with Crippen LogP contribution >= 0.6 is 22.9 Å². The van der Waals surface area contributed by atoms with Crippen molar-refractivity contribution in [2.75, 3.05) is 12.4 Å². The number of aryl methyl sites for hydroxylation is 1. The monoisotopic (exact) mass is 238 g/mol. The van der Waals surface area contributed by atoms with Crippen molar-refractivity contribution in [3.05, 3.63) is 35.0 Å². The minimum atomic E-state index is 0.756. The van der Waals surface area contributed by atoms with Crippen molar-refractivity contribution in [3.8, 4) is 10.4 Å². The smallest absolute Gasteiger partial charge is 0.183 e. The molecule has 0 radical (unpaired) electrons. The normalized spacial score (nSPS) is 10.3. The predicted molar refractivity (Wildman–Crippen MR) is 66.8 cm³/mol. The summed E-state index contributed by atoms with van der Waals surface area (Å²) in [5, 5.41) is 4.74. The molecule has 0 aliphatic carbocycles. The Labute approximate surface area is 97.9 Å². The first kappa shape index (κ1) is 10.5. The van der Waals surface area contributed by atoms with E-state index in [0.29, 0.717) is 0 Å². The number of nitrogens with zero attached hydrogens (tertiary/aromatic N) is 1. The molecule has 0 saturated heterocycles. The number of hydrogen-bond acceptors (Lipinski definition) is 3. The van der Waals surface area contributed by atoms with Gasteiger partial charge in [0, 0.05) is 12.1 Å². The van der Waals surface area contributed by atoms with Crippen molar-refractivity contribution in [2.45, 2.75) is 6.92 Å². The summed E-state index contributed by atoms with van der Waals surface area (Å²) in [4.78, 5) is 5.57. The highest BCUT2D eigenvalue weighted by Crippen LogP contribution is 2.33. The van der Waals surface area contributed by atoms with Gasteiger partial charge in [0.25, 0.3) is 0 Å². The maximum absolute atomic E-state index is 5.96. The van der Waals surface area contributed by atoms with E-state index < -0.39 is 0 Å². The van der Waals surface area contributed by atoms with E-state index in [1.807, 2.05) is 38.2 Å². The van der Waals surface area contributed by atoms with Gasteiger partial charge in [-0.2, -0.15) is 0 Å². The van der Waals surface area contributed by atoms with Gasteiger partial charge in [0.2, 0.25) is 0 Å². The first-order valence-electron chi connectivity index (χ1n) is 4.62. The molecule has 4 heteroatoms. The number of anilines is 1. The van der Waals surface area contributed by atoms with Crippen LogP contribution in [0, 0.1) is 6.92 Å². The van der Waals surface area contributed by atoms with E-state index >= 15 is 0 Å². The topological polar surface area (TPSA) is 24.9 Å². The third-order valence-corrected chi connectivity index (χ3v) is 3.56. The van der Waals surface area contributed by atoms with Gasteiger partial charge in [-0.25, -0.2) is 4.98 Å². The molecule has 1 N–H and O–H groups in total. The molecule has 0 aliphatic rings. The largest absolute Gasteiger partial charge is 0.365 e. The van der Waals surface area contributed by atoms with Crippen LogP contribution in [0.4, 0.5) is 5.13 Å². The number of aromatic nitrogens is 1. The van der Waals surface area contributed by atoms with E-state index in [4.69, 9.17) is 11.6 Å². The summed E-state index contributed by atoms with van der Waals surface area (Å²) in [5.41, 5.74) is 2.16. The van der Waals surface area contributed by atoms with Crippen molar-refractivity contribution >= 4 is 28.1 Å². The van der Waals surface area contributed by atoms with Crippen LogP contribution in [0.15, 0.2) is 24.3 Å². The van der Waals surface area contributed by atoms with Crippen LogP contribution in [0.3, 0.4) is 0 Å². The highest BCUT2D eigenvalue weighted by molar-refractivity contribution is 7.19. The Kier molecular flexibility index (Phi) is 2.93. The van der Waals surface area contributed by atoms with Gasteiger partial charge in [-0.3, -0.25) is 0 Å². The standard InChI is InChI=1S/C11H11ClN2S/c1-7-10(15-11(13-2)14-7)8-4-3-5-9(12)6-8/h3-6H,1-2H3,(H,13,14). The molecular formula is C11H11ClN2S. The molecule has 78 valence electrons. The molecule has 0 spiro atoms. The molecule has 0 unspecified atom stereocenters. The van der Waals surface area contributed by atoms with E-state index in [1.54, 1.807) is 11.3 Å². The second-order valence-electron chi connectivity index (χ2n) is 3.19. The first-order chi connectivity index (χ1) is 7.20. The molecule has 0 saturated carbocycles. The molecular weight excluding hydrogens is 228 g/mol. The molecule has 2 aromatic rings. The summed E-state index contributed by atoms with van der Waals surface area (Å²) in [5.74, 6) is 0. The Morgan fingerprint density at radius 1 is 1.40 bits per heavy atom. The lowest BCUT2D eigenvalue weighted by molar-refractivity contribution is 1.25. The van der Waals surface area contributed by atoms with Gasteiger partial charge >= 0.3 is 0 Å². The molecule has 1 heterocycles. The molecule has 2 nitrogen and oxygen atoms in total. The average molecular weight is 239 g/mol. The number of hydrogen-bond donors (Lipinski definition) is 1. The predicted octanol–water partition coefficient (Wildman–Crippen LogP) is 3.81. The maximum Gasteiger partial charge on any atom is 0.183 e. The third-order valence-electron chi connectivity index (χ3n) is 2.10. The van der Waals surface area contributed by atoms with E-state index in [2.05, 4.69) is 10.3 Å². The van der Waals surface area contributed by atoms with Gasteiger partial charge in [0.15, 0.2) is 5.13 Å². The summed E-state index contributed by atoms with van der Waals surface area (Å²) in [7, 11) is 1.88. The SMILES string of the molecule is CNc1nc(C)c(-c2cccc(Cl)c2)s1. The van der Waals surface area contributed by atoms with Gasteiger partial charge in [0.05, 0.1) is 10.6 Å². The molecule has 1 aromatic carbocycles. The van der Waals surface area contributed by atoms with Crippen molar-refractivity contribution in [1.29, 1.82) is 0 Å². The lowest BCUT2D eigenvalue weighted by Crippen LogP contribution is -1.84. The van der Waals surface area contributed by atoms with Crippen molar-refractivity contribution in [2.24, 2.45) is 0 Å². The highest BCUT2D eigenvalue weighted by atomic mass is 35.5. The van der Waals surface area contributed by atoms with E-state index in [9.17, 15) is 0 Å². The van der Waals surface area contributed by atoms with Crippen molar-refractivity contribution < 1.29 is 0 Å². The van der Waals surface area contributed by atoms with Gasteiger partial charge in [-0.15, -0.1) is 0 Å². The summed E-state index contributed by atoms with van der Waals surface area (Å²) < 4.78 is 0. The highest BCUT2D eigenvalue weighted by Gasteiger charge is 2.08. The lowest BCUT2D eigenvalue weighted by Gasteiger charge is -1.98. The molecule has 0 fully saturated rings. The number of halogens is 1. The second kappa shape index (κ2) is 4.21. The van der Waals surface area contributed by atoms with Gasteiger partial charge < -0.3 is 5.32 Å². The summed E-state index contributed by atoms with van der Waals surface area (Å²) in [6, 6.07) is 7.84. The minimum Gasteiger partial charge on any atom is -0.365 e. The fourth-order valence-electron chi connectivity index (χ4n) is 1.40. The molecule has 0 atom stereocenters. The van der Waals surface area contributed by atoms with Gasteiger partial charge in [-0.05, 0) is 24.6 Å². The summed E-state index contributed by atoms with van der Waals surface area (Å²) >= 11 is 7.60. The summed E-state index contributed by atoms with van der Waals surface area (Å²) in [6.45, 7) is 2.01. The van der Waals surface area contributed by atoms with Crippen LogP contribution in [-0.4, -0.2) is 12.0 Å². The second-order valence-corrected chi connectivity index (χ2v) is 4.63. The van der Waals surface area contributed by atoms with Crippen LogP contribution < -0.4 is 5.32 Å². The number of benzene rings is 1. The van der Waals surface area contributed by atoms with Crippen LogP contribution in [0.1, 0.15) is 5.69 Å². The van der Waals surface area contributed by atoms with Crippen LogP contribution in [-0.2, 0) is 0 Å². The Morgan fingerprint density at radius 2 is 2.20 bits per heavy atom. The Balaban J connectivity index is 2.48. The van der Waals surface area contributed by atoms with Crippen molar-refractivity contribution in [1.82, 2.24) is 4.98 Å². The fourth-order valence-corrected chi connectivity index (χ4v) is 2.51. The zero-order valence-electron chi connectivity index (χ0n) is 8.54. The zero-order valence-corrected chi connectivity index (χ0v) is 10.1. The third kappa shape index (κ3) is 2.13. The van der Waals surface area contributed by atoms with Gasteiger partial charge in [0.1, 0.15) is 0 Å². The Morgan fingerprint density at radius 3 is 2.80 bits per heavy atom. The average Bonchev–Trinajstić information content (AvgIpc) is 2.60. The van der Waals surface area contributed by atoms with Crippen LogP contribution in [0.2, 0.25) is 5.02 Å². The van der Waals surface area contributed by atoms with Crippen LogP contribution in [0.5, 0.6) is 0 Å². The number of nitrogens with one attached hydrogen (secondary N) is 1. The van der Waals surface area contributed by atoms with Gasteiger partial charge in [-0.1, -0.05) is 35.1 Å². The molecule has 15 heavy (non-hydrogen) atoms. The molecule has 0 amide bonds. The van der Waals surface area contributed by atoms with E-state index in [1.165, 1.54) is 4.88 Å². The molecule has 2 rings (SSSR count). The maximum atomic E-state index is 5.96.